The predicted molar refractivity (Wildman–Crippen MR) is 111 cm³/mol. The van der Waals surface area contributed by atoms with Crippen LogP contribution in [0.25, 0.3) is 21.1 Å². The average molecular weight is 396 g/mol. The molecule has 0 fully saturated rings. The van der Waals surface area contributed by atoms with Crippen LogP contribution in [-0.2, 0) is 6.54 Å². The molecule has 0 spiro atoms. The Bertz CT molecular complexity index is 1270. The number of thioether (sulfide) groups is 1. The van der Waals surface area contributed by atoms with Gasteiger partial charge in [0.15, 0.2) is 5.16 Å². The Balaban J connectivity index is 1.77. The van der Waals surface area contributed by atoms with Crippen LogP contribution in [0.15, 0.2) is 63.1 Å². The second kappa shape index (κ2) is 7.13. The number of benzene rings is 1. The van der Waals surface area contributed by atoms with E-state index in [-0.39, 0.29) is 16.4 Å². The van der Waals surface area contributed by atoms with Crippen LogP contribution in [-0.4, -0.2) is 19.5 Å². The van der Waals surface area contributed by atoms with Crippen molar-refractivity contribution in [1.82, 2.24) is 19.5 Å². The topological polar surface area (TPSA) is 80.6 Å². The minimum absolute atomic E-state index is 0.0872. The normalized spacial score (nSPS) is 12.5. The van der Waals surface area contributed by atoms with Crippen molar-refractivity contribution in [2.24, 2.45) is 0 Å². The van der Waals surface area contributed by atoms with Gasteiger partial charge in [-0.3, -0.25) is 14.2 Å². The molecule has 1 unspecified atom stereocenters. The van der Waals surface area contributed by atoms with E-state index >= 15 is 0 Å². The molecule has 3 aromatic heterocycles. The number of allylic oxidation sites excluding steroid dienone is 1. The first kappa shape index (κ1) is 17.7. The van der Waals surface area contributed by atoms with E-state index in [2.05, 4.69) is 21.5 Å². The van der Waals surface area contributed by atoms with Gasteiger partial charge in [0.2, 0.25) is 0 Å². The Labute approximate surface area is 162 Å². The summed E-state index contributed by atoms with van der Waals surface area (Å²) in [4.78, 5) is 37.8. The molecule has 0 aliphatic heterocycles. The molecule has 0 aliphatic carbocycles. The Hall–Kier alpha value is -2.71. The molecule has 27 heavy (non-hydrogen) atoms. The zero-order chi connectivity index (χ0) is 19.0. The standard InChI is InChI=1S/C19H16N4O2S2/c1-3-9-23-18(25)13-8-10-26-17(13)22-19(23)27-11(2)15-20-14-7-5-4-6-12(14)16(24)21-15/h3-8,10-11H,1,9H2,2H3,(H,20,21,24). The number of H-pyrrole nitrogens is 1. The van der Waals surface area contributed by atoms with Gasteiger partial charge in [-0.1, -0.05) is 30.0 Å². The first-order valence-electron chi connectivity index (χ1n) is 8.33. The minimum atomic E-state index is -0.192. The lowest BCUT2D eigenvalue weighted by atomic mass is 10.2. The monoisotopic (exact) mass is 396 g/mol. The molecule has 0 amide bonds. The lowest BCUT2D eigenvalue weighted by Crippen LogP contribution is -2.22. The zero-order valence-electron chi connectivity index (χ0n) is 14.5. The lowest BCUT2D eigenvalue weighted by molar-refractivity contribution is 0.670. The highest BCUT2D eigenvalue weighted by molar-refractivity contribution is 7.99. The summed E-state index contributed by atoms with van der Waals surface area (Å²) < 4.78 is 1.60. The van der Waals surface area contributed by atoms with E-state index in [1.807, 2.05) is 30.5 Å². The average Bonchev–Trinajstić information content (AvgIpc) is 3.13. The third-order valence-corrected chi connectivity index (χ3v) is 6.06. The van der Waals surface area contributed by atoms with Crippen LogP contribution in [0, 0.1) is 0 Å². The maximum absolute atomic E-state index is 12.7. The first-order chi connectivity index (χ1) is 13.1. The van der Waals surface area contributed by atoms with Crippen LogP contribution in [0.3, 0.4) is 0 Å². The fourth-order valence-electron chi connectivity index (χ4n) is 2.82. The molecule has 0 bridgehead atoms. The van der Waals surface area contributed by atoms with Crippen molar-refractivity contribution in [3.8, 4) is 0 Å². The number of aromatic amines is 1. The van der Waals surface area contributed by atoms with Gasteiger partial charge >= 0.3 is 0 Å². The molecule has 136 valence electrons. The molecule has 1 atom stereocenters. The summed E-state index contributed by atoms with van der Waals surface area (Å²) in [5.74, 6) is 0.550. The summed E-state index contributed by atoms with van der Waals surface area (Å²) in [7, 11) is 0. The van der Waals surface area contributed by atoms with Gasteiger partial charge in [-0.15, -0.1) is 17.9 Å². The van der Waals surface area contributed by atoms with Crippen LogP contribution in [0.5, 0.6) is 0 Å². The molecule has 0 aliphatic rings. The highest BCUT2D eigenvalue weighted by Gasteiger charge is 2.18. The number of thiophene rings is 1. The molecule has 4 aromatic rings. The molecule has 3 heterocycles. The second-order valence-electron chi connectivity index (χ2n) is 5.97. The first-order valence-corrected chi connectivity index (χ1v) is 10.1. The second-order valence-corrected chi connectivity index (χ2v) is 8.17. The number of fused-ring (bicyclic) bond motifs is 2. The van der Waals surface area contributed by atoms with Crippen molar-refractivity contribution in [2.75, 3.05) is 0 Å². The largest absolute Gasteiger partial charge is 0.309 e. The molecular formula is C19H16N4O2S2. The van der Waals surface area contributed by atoms with E-state index in [0.717, 1.165) is 0 Å². The summed E-state index contributed by atoms with van der Waals surface area (Å²) in [6.07, 6.45) is 1.67. The van der Waals surface area contributed by atoms with E-state index in [9.17, 15) is 9.59 Å². The fourth-order valence-corrected chi connectivity index (χ4v) is 4.60. The summed E-state index contributed by atoms with van der Waals surface area (Å²) in [6.45, 7) is 6.04. The molecule has 0 saturated carbocycles. The smallest absolute Gasteiger partial charge is 0.263 e. The highest BCUT2D eigenvalue weighted by atomic mass is 32.2. The van der Waals surface area contributed by atoms with E-state index in [0.29, 0.717) is 38.6 Å². The summed E-state index contributed by atoms with van der Waals surface area (Å²) in [6, 6.07) is 9.01. The summed E-state index contributed by atoms with van der Waals surface area (Å²) >= 11 is 2.82. The number of para-hydroxylation sites is 1. The molecule has 6 nitrogen and oxygen atoms in total. The van der Waals surface area contributed by atoms with Crippen LogP contribution in [0.1, 0.15) is 18.0 Å². The van der Waals surface area contributed by atoms with Crippen molar-refractivity contribution in [2.45, 2.75) is 23.9 Å². The van der Waals surface area contributed by atoms with Gasteiger partial charge in [0.05, 0.1) is 21.5 Å². The maximum Gasteiger partial charge on any atom is 0.263 e. The SMILES string of the molecule is C=CCn1c(SC(C)c2nc3ccccc3c(=O)[nH]2)nc2sccc2c1=O. The molecule has 1 N–H and O–H groups in total. The van der Waals surface area contributed by atoms with Crippen LogP contribution >= 0.6 is 23.1 Å². The van der Waals surface area contributed by atoms with Gasteiger partial charge in [0.25, 0.3) is 11.1 Å². The van der Waals surface area contributed by atoms with Crippen LogP contribution in [0.2, 0.25) is 0 Å². The number of aromatic nitrogens is 4. The number of rotatable bonds is 5. The summed E-state index contributed by atoms with van der Waals surface area (Å²) in [5, 5.41) is 3.41. The van der Waals surface area contributed by atoms with Crippen molar-refractivity contribution in [3.63, 3.8) is 0 Å². The van der Waals surface area contributed by atoms with Gasteiger partial charge in [0, 0.05) is 6.54 Å². The van der Waals surface area contributed by atoms with Gasteiger partial charge in [-0.25, -0.2) is 9.97 Å². The van der Waals surface area contributed by atoms with E-state index in [1.54, 1.807) is 22.8 Å². The van der Waals surface area contributed by atoms with E-state index in [1.165, 1.54) is 23.1 Å². The quantitative estimate of drug-likeness (QED) is 0.316. The number of nitrogens with zero attached hydrogens (tertiary/aromatic N) is 3. The Kier molecular flexibility index (Phi) is 4.67. The maximum atomic E-state index is 12.7. The Morgan fingerprint density at radius 2 is 2.07 bits per heavy atom. The Morgan fingerprint density at radius 3 is 2.89 bits per heavy atom. The minimum Gasteiger partial charge on any atom is -0.309 e. The lowest BCUT2D eigenvalue weighted by Gasteiger charge is -2.14. The highest BCUT2D eigenvalue weighted by Crippen LogP contribution is 2.32. The van der Waals surface area contributed by atoms with Gasteiger partial charge < -0.3 is 4.98 Å². The molecular weight excluding hydrogens is 380 g/mol. The molecule has 0 radical (unpaired) electrons. The molecule has 0 saturated heterocycles. The van der Waals surface area contributed by atoms with Crippen molar-refractivity contribution in [3.05, 3.63) is 74.9 Å². The van der Waals surface area contributed by atoms with Crippen molar-refractivity contribution in [1.29, 1.82) is 0 Å². The molecule has 8 heteroatoms. The third-order valence-electron chi connectivity index (χ3n) is 4.16. The predicted octanol–water partition coefficient (Wildman–Crippen LogP) is 3.73. The number of hydrogen-bond acceptors (Lipinski definition) is 6. The van der Waals surface area contributed by atoms with Gasteiger partial charge in [0.1, 0.15) is 10.7 Å². The molecule has 1 aromatic carbocycles. The fraction of sp³-hybridized carbons (Fsp3) is 0.158. The Morgan fingerprint density at radius 1 is 1.26 bits per heavy atom. The summed E-state index contributed by atoms with van der Waals surface area (Å²) in [5.41, 5.74) is 0.387. The van der Waals surface area contributed by atoms with Gasteiger partial charge in [-0.05, 0) is 30.5 Å². The van der Waals surface area contributed by atoms with Gasteiger partial charge in [-0.2, -0.15) is 0 Å². The number of hydrogen-bond donors (Lipinski definition) is 1. The molecule has 4 rings (SSSR count). The third kappa shape index (κ3) is 3.22. The zero-order valence-corrected chi connectivity index (χ0v) is 16.1. The number of nitrogens with one attached hydrogen (secondary N) is 1. The van der Waals surface area contributed by atoms with Crippen molar-refractivity contribution >= 4 is 44.2 Å². The van der Waals surface area contributed by atoms with E-state index in [4.69, 9.17) is 0 Å². The van der Waals surface area contributed by atoms with Crippen molar-refractivity contribution < 1.29 is 0 Å². The van der Waals surface area contributed by atoms with Crippen LogP contribution < -0.4 is 11.1 Å². The van der Waals surface area contributed by atoms with Crippen LogP contribution in [0.4, 0.5) is 0 Å². The van der Waals surface area contributed by atoms with E-state index < -0.39 is 0 Å².